The van der Waals surface area contributed by atoms with E-state index in [9.17, 15) is 0 Å². The highest BCUT2D eigenvalue weighted by molar-refractivity contribution is 5.81. The summed E-state index contributed by atoms with van der Waals surface area (Å²) in [6, 6.07) is 15.4. The summed E-state index contributed by atoms with van der Waals surface area (Å²) in [7, 11) is 0. The van der Waals surface area contributed by atoms with Crippen molar-refractivity contribution in [2.45, 2.75) is 13.8 Å². The Hall–Kier alpha value is -3.92. The molecule has 4 rings (SSSR count). The number of aromatic nitrogens is 3. The van der Waals surface area contributed by atoms with E-state index >= 15 is 0 Å². The van der Waals surface area contributed by atoms with Gasteiger partial charge in [0.2, 0.25) is 17.8 Å². The second-order valence-corrected chi connectivity index (χ2v) is 7.32. The Morgan fingerprint density at radius 1 is 0.941 bits per heavy atom. The molecule has 0 radical (unpaired) electrons. The lowest BCUT2D eigenvalue weighted by Crippen LogP contribution is -2.37. The minimum atomic E-state index is 0.335. The van der Waals surface area contributed by atoms with Gasteiger partial charge in [-0.25, -0.2) is 5.43 Å². The van der Waals surface area contributed by atoms with Crippen molar-refractivity contribution >= 4 is 29.7 Å². The Balaban J connectivity index is 1.53. The van der Waals surface area contributed by atoms with E-state index in [2.05, 4.69) is 35.7 Å². The molecule has 0 atom stereocenters. The molecule has 1 aliphatic heterocycles. The number of nitrogens with one attached hydrogen (secondary N) is 2. The molecule has 10 heteroatoms. The summed E-state index contributed by atoms with van der Waals surface area (Å²) in [4.78, 5) is 15.7. The number of benzene rings is 2. The number of nitrogens with zero attached hydrogens (tertiary/aromatic N) is 5. The van der Waals surface area contributed by atoms with Crippen molar-refractivity contribution in [1.82, 2.24) is 15.0 Å². The number of rotatable bonds is 10. The highest BCUT2D eigenvalue weighted by Gasteiger charge is 2.16. The molecule has 1 saturated heterocycles. The molecule has 3 aromatic rings. The number of morpholine rings is 1. The fourth-order valence-electron chi connectivity index (χ4n) is 3.34. The van der Waals surface area contributed by atoms with E-state index in [0.717, 1.165) is 11.3 Å². The lowest BCUT2D eigenvalue weighted by molar-refractivity contribution is 0.122. The highest BCUT2D eigenvalue weighted by Crippen LogP contribution is 2.28. The van der Waals surface area contributed by atoms with E-state index in [4.69, 9.17) is 14.2 Å². The van der Waals surface area contributed by atoms with Crippen LogP contribution in [0.15, 0.2) is 53.6 Å². The van der Waals surface area contributed by atoms with Crippen molar-refractivity contribution in [2.24, 2.45) is 5.10 Å². The number of hydrogen-bond donors (Lipinski definition) is 2. The molecule has 2 heterocycles. The third-order valence-electron chi connectivity index (χ3n) is 4.89. The average molecular weight is 464 g/mol. The molecule has 34 heavy (non-hydrogen) atoms. The molecule has 0 spiro atoms. The molecule has 10 nitrogen and oxygen atoms in total. The molecule has 0 saturated carbocycles. The topological polar surface area (TPSA) is 106 Å². The van der Waals surface area contributed by atoms with Crippen LogP contribution in [0.2, 0.25) is 0 Å². The van der Waals surface area contributed by atoms with Crippen LogP contribution >= 0.6 is 0 Å². The third-order valence-corrected chi connectivity index (χ3v) is 4.89. The van der Waals surface area contributed by atoms with Crippen LogP contribution in [0.3, 0.4) is 0 Å². The van der Waals surface area contributed by atoms with Gasteiger partial charge >= 0.3 is 0 Å². The molecule has 1 aromatic heterocycles. The lowest BCUT2D eigenvalue weighted by Gasteiger charge is -2.27. The van der Waals surface area contributed by atoms with Gasteiger partial charge in [0.1, 0.15) is 0 Å². The first kappa shape index (κ1) is 23.2. The van der Waals surface area contributed by atoms with E-state index in [1.807, 2.05) is 62.4 Å². The van der Waals surface area contributed by atoms with Crippen LogP contribution in [0.4, 0.5) is 23.5 Å². The smallest absolute Gasteiger partial charge is 0.250 e. The number of ether oxygens (including phenoxy) is 3. The molecule has 0 unspecified atom stereocenters. The summed E-state index contributed by atoms with van der Waals surface area (Å²) < 4.78 is 16.8. The van der Waals surface area contributed by atoms with Gasteiger partial charge in [-0.3, -0.25) is 0 Å². The van der Waals surface area contributed by atoms with Crippen molar-refractivity contribution in [1.29, 1.82) is 0 Å². The standard InChI is InChI=1S/C24H29N7O3/c1-3-33-20-11-10-18(16-21(20)34-4-2)17-25-30-23-27-22(26-19-8-6-5-7-9-19)28-24(29-23)31-12-14-32-15-13-31/h5-11,16-17H,3-4,12-15H2,1-2H3,(H2,26,27,28,29,30)/b25-17-. The number of hydrogen-bond acceptors (Lipinski definition) is 10. The average Bonchev–Trinajstić information content (AvgIpc) is 2.87. The normalized spacial score (nSPS) is 13.6. The van der Waals surface area contributed by atoms with E-state index < -0.39 is 0 Å². The van der Waals surface area contributed by atoms with Gasteiger partial charge in [0, 0.05) is 18.8 Å². The molecule has 0 bridgehead atoms. The van der Waals surface area contributed by atoms with Gasteiger partial charge in [-0.15, -0.1) is 0 Å². The van der Waals surface area contributed by atoms with Gasteiger partial charge in [0.05, 0.1) is 32.6 Å². The van der Waals surface area contributed by atoms with Crippen molar-refractivity contribution in [3.05, 3.63) is 54.1 Å². The van der Waals surface area contributed by atoms with Crippen LogP contribution in [0.5, 0.6) is 11.5 Å². The molecular weight excluding hydrogens is 434 g/mol. The van der Waals surface area contributed by atoms with Crippen molar-refractivity contribution in [3.8, 4) is 11.5 Å². The Morgan fingerprint density at radius 3 is 2.44 bits per heavy atom. The van der Waals surface area contributed by atoms with Gasteiger partial charge in [0.25, 0.3) is 0 Å². The summed E-state index contributed by atoms with van der Waals surface area (Å²) in [5.74, 6) is 2.72. The Kier molecular flexibility index (Phi) is 8.07. The maximum atomic E-state index is 5.69. The zero-order valence-corrected chi connectivity index (χ0v) is 19.4. The largest absolute Gasteiger partial charge is 0.490 e. The summed E-state index contributed by atoms with van der Waals surface area (Å²) >= 11 is 0. The maximum Gasteiger partial charge on any atom is 0.250 e. The molecule has 0 aliphatic carbocycles. The molecule has 1 fully saturated rings. The maximum absolute atomic E-state index is 5.69. The van der Waals surface area contributed by atoms with Crippen LogP contribution in [-0.4, -0.2) is 60.7 Å². The molecule has 0 amide bonds. The van der Waals surface area contributed by atoms with Crippen LogP contribution in [-0.2, 0) is 4.74 Å². The summed E-state index contributed by atoms with van der Waals surface area (Å²) in [6.07, 6.45) is 1.68. The number of para-hydroxylation sites is 1. The zero-order valence-electron chi connectivity index (χ0n) is 19.4. The van der Waals surface area contributed by atoms with Crippen LogP contribution in [0, 0.1) is 0 Å². The number of hydrazone groups is 1. The fraction of sp³-hybridized carbons (Fsp3) is 0.333. The quantitative estimate of drug-likeness (QED) is 0.344. The first-order valence-corrected chi connectivity index (χ1v) is 11.3. The number of anilines is 4. The third kappa shape index (κ3) is 6.32. The van der Waals surface area contributed by atoms with E-state index in [-0.39, 0.29) is 0 Å². The monoisotopic (exact) mass is 463 g/mol. The Labute approximate surface area is 199 Å². The van der Waals surface area contributed by atoms with Crippen LogP contribution in [0.25, 0.3) is 0 Å². The van der Waals surface area contributed by atoms with Crippen LogP contribution in [0.1, 0.15) is 19.4 Å². The molecule has 1 aliphatic rings. The highest BCUT2D eigenvalue weighted by atomic mass is 16.5. The Morgan fingerprint density at radius 2 is 1.68 bits per heavy atom. The Bertz CT molecular complexity index is 1090. The van der Waals surface area contributed by atoms with Crippen molar-refractivity contribution in [3.63, 3.8) is 0 Å². The summed E-state index contributed by atoms with van der Waals surface area (Å²) in [6.45, 7) is 7.68. The first-order chi connectivity index (χ1) is 16.7. The van der Waals surface area contributed by atoms with Crippen LogP contribution < -0.4 is 25.1 Å². The lowest BCUT2D eigenvalue weighted by atomic mass is 10.2. The first-order valence-electron chi connectivity index (χ1n) is 11.3. The van der Waals surface area contributed by atoms with Gasteiger partial charge in [-0.05, 0) is 49.7 Å². The SMILES string of the molecule is CCOc1ccc(/C=N\Nc2nc(Nc3ccccc3)nc(N3CCOCC3)n2)cc1OCC. The summed E-state index contributed by atoms with van der Waals surface area (Å²) in [5.41, 5.74) is 4.66. The minimum absolute atomic E-state index is 0.335. The minimum Gasteiger partial charge on any atom is -0.490 e. The van der Waals surface area contributed by atoms with Gasteiger partial charge in [-0.1, -0.05) is 18.2 Å². The second kappa shape index (κ2) is 11.8. The van der Waals surface area contributed by atoms with Crippen molar-refractivity contribution in [2.75, 3.05) is 55.2 Å². The van der Waals surface area contributed by atoms with Gasteiger partial charge < -0.3 is 24.4 Å². The molecule has 2 N–H and O–H groups in total. The van der Waals surface area contributed by atoms with Gasteiger partial charge in [-0.2, -0.15) is 20.1 Å². The second-order valence-electron chi connectivity index (χ2n) is 7.32. The molecule has 2 aromatic carbocycles. The van der Waals surface area contributed by atoms with Gasteiger partial charge in [0.15, 0.2) is 11.5 Å². The van der Waals surface area contributed by atoms with E-state index in [0.29, 0.717) is 68.9 Å². The molecule has 178 valence electrons. The zero-order chi connectivity index (χ0) is 23.6. The predicted octanol–water partition coefficient (Wildman–Crippen LogP) is 3.70. The fourth-order valence-corrected chi connectivity index (χ4v) is 3.34. The van der Waals surface area contributed by atoms with Crippen molar-refractivity contribution < 1.29 is 14.2 Å². The van der Waals surface area contributed by atoms with E-state index in [1.54, 1.807) is 6.21 Å². The summed E-state index contributed by atoms with van der Waals surface area (Å²) in [5, 5.41) is 7.56. The molecular formula is C24H29N7O3. The van der Waals surface area contributed by atoms with E-state index in [1.165, 1.54) is 0 Å². The predicted molar refractivity (Wildman–Crippen MR) is 133 cm³/mol.